The minimum absolute atomic E-state index is 0.0112. The maximum atomic E-state index is 12.9. The molecule has 0 atom stereocenters. The molecular formula is C24H22ClN3O5S. The van der Waals surface area contributed by atoms with Gasteiger partial charge in [-0.3, -0.25) is 9.59 Å². The maximum absolute atomic E-state index is 12.9. The Bertz CT molecular complexity index is 1290. The number of carbonyl (C=O) groups excluding carboxylic acids is 2. The van der Waals surface area contributed by atoms with Gasteiger partial charge in [0.15, 0.2) is 0 Å². The Hall–Kier alpha value is -3.24. The summed E-state index contributed by atoms with van der Waals surface area (Å²) in [5.41, 5.74) is 1.59. The predicted molar refractivity (Wildman–Crippen MR) is 130 cm³/mol. The van der Waals surface area contributed by atoms with Gasteiger partial charge in [-0.2, -0.15) is 4.31 Å². The third kappa shape index (κ3) is 5.45. The predicted octanol–water partition coefficient (Wildman–Crippen LogP) is 3.87. The molecule has 4 rings (SSSR count). The van der Waals surface area contributed by atoms with E-state index in [4.69, 9.17) is 16.3 Å². The summed E-state index contributed by atoms with van der Waals surface area (Å²) < 4.78 is 32.4. The second-order valence-corrected chi connectivity index (χ2v) is 9.85. The maximum Gasteiger partial charge on any atom is 0.257 e. The van der Waals surface area contributed by atoms with E-state index in [0.29, 0.717) is 30.2 Å². The zero-order valence-corrected chi connectivity index (χ0v) is 19.6. The summed E-state index contributed by atoms with van der Waals surface area (Å²) in [7, 11) is -3.77. The second kappa shape index (κ2) is 10.4. The van der Waals surface area contributed by atoms with Gasteiger partial charge >= 0.3 is 0 Å². The fourth-order valence-corrected chi connectivity index (χ4v) is 5.04. The van der Waals surface area contributed by atoms with Crippen molar-refractivity contribution < 1.29 is 22.7 Å². The molecule has 3 aromatic rings. The molecule has 8 nitrogen and oxygen atoms in total. The first-order valence-corrected chi connectivity index (χ1v) is 12.3. The third-order valence-corrected chi connectivity index (χ3v) is 7.45. The van der Waals surface area contributed by atoms with Crippen molar-refractivity contribution in [1.82, 2.24) is 4.31 Å². The molecule has 2 amide bonds. The number of carbonyl (C=O) groups is 2. The molecule has 0 unspecified atom stereocenters. The summed E-state index contributed by atoms with van der Waals surface area (Å²) in [6.07, 6.45) is 0. The van der Waals surface area contributed by atoms with Gasteiger partial charge < -0.3 is 15.4 Å². The van der Waals surface area contributed by atoms with Crippen molar-refractivity contribution in [3.8, 4) is 0 Å². The smallest absolute Gasteiger partial charge is 0.257 e. The van der Waals surface area contributed by atoms with E-state index >= 15 is 0 Å². The highest BCUT2D eigenvalue weighted by Crippen LogP contribution is 2.25. The van der Waals surface area contributed by atoms with Crippen molar-refractivity contribution in [2.45, 2.75) is 4.90 Å². The van der Waals surface area contributed by atoms with Crippen molar-refractivity contribution >= 4 is 44.8 Å². The fraction of sp³-hybridized carbons (Fsp3) is 0.167. The molecule has 0 aromatic heterocycles. The quantitative estimate of drug-likeness (QED) is 0.535. The molecule has 1 aliphatic heterocycles. The van der Waals surface area contributed by atoms with Gasteiger partial charge in [0.2, 0.25) is 10.0 Å². The van der Waals surface area contributed by atoms with E-state index in [9.17, 15) is 18.0 Å². The Kier molecular flexibility index (Phi) is 7.28. The summed E-state index contributed by atoms with van der Waals surface area (Å²) in [5.74, 6) is -0.799. The van der Waals surface area contributed by atoms with E-state index in [1.807, 2.05) is 6.07 Å². The molecule has 1 aliphatic rings. The Labute approximate surface area is 202 Å². The first-order chi connectivity index (χ1) is 16.3. The minimum atomic E-state index is -3.77. The Morgan fingerprint density at radius 3 is 2.03 bits per heavy atom. The van der Waals surface area contributed by atoms with Crippen LogP contribution in [0.1, 0.15) is 20.7 Å². The van der Waals surface area contributed by atoms with Gasteiger partial charge in [-0.05, 0) is 54.6 Å². The number of rotatable bonds is 6. The Balaban J connectivity index is 1.46. The van der Waals surface area contributed by atoms with E-state index in [1.165, 1.54) is 22.5 Å². The van der Waals surface area contributed by atoms with Gasteiger partial charge in [0.1, 0.15) is 0 Å². The molecule has 1 fully saturated rings. The number of hydrogen-bond acceptors (Lipinski definition) is 5. The number of ether oxygens (including phenoxy) is 1. The van der Waals surface area contributed by atoms with Gasteiger partial charge in [-0.15, -0.1) is 0 Å². The molecule has 176 valence electrons. The van der Waals surface area contributed by atoms with Crippen molar-refractivity contribution in [1.29, 1.82) is 0 Å². The average Bonchev–Trinajstić information content (AvgIpc) is 2.86. The van der Waals surface area contributed by atoms with E-state index in [2.05, 4.69) is 10.6 Å². The Morgan fingerprint density at radius 1 is 0.824 bits per heavy atom. The van der Waals surface area contributed by atoms with Crippen molar-refractivity contribution in [3.63, 3.8) is 0 Å². The van der Waals surface area contributed by atoms with E-state index in [-0.39, 0.29) is 34.5 Å². The lowest BCUT2D eigenvalue weighted by Crippen LogP contribution is -2.40. The van der Waals surface area contributed by atoms with Crippen LogP contribution in [0.4, 0.5) is 11.4 Å². The standard InChI is InChI=1S/C24H22ClN3O5S/c25-22-11-10-20(34(31,32)28-12-14-33-15-13-28)16-21(22)24(30)27-19-8-6-18(7-9-19)26-23(29)17-4-2-1-3-5-17/h1-11,16H,12-15H2,(H,26,29)(H,27,30). The van der Waals surface area contributed by atoms with Crippen molar-refractivity contribution in [2.75, 3.05) is 36.9 Å². The lowest BCUT2D eigenvalue weighted by atomic mass is 10.2. The molecule has 1 saturated heterocycles. The zero-order chi connectivity index (χ0) is 24.1. The topological polar surface area (TPSA) is 105 Å². The van der Waals surface area contributed by atoms with Crippen LogP contribution in [0, 0.1) is 0 Å². The molecule has 0 saturated carbocycles. The first-order valence-electron chi connectivity index (χ1n) is 10.5. The summed E-state index contributed by atoms with van der Waals surface area (Å²) in [4.78, 5) is 25.1. The monoisotopic (exact) mass is 499 g/mol. The van der Waals surface area contributed by atoms with Crippen LogP contribution in [0.3, 0.4) is 0 Å². The third-order valence-electron chi connectivity index (χ3n) is 5.23. The minimum Gasteiger partial charge on any atom is -0.379 e. The molecule has 10 heteroatoms. The van der Waals surface area contributed by atoms with Crippen LogP contribution in [0.5, 0.6) is 0 Å². The fourth-order valence-electron chi connectivity index (χ4n) is 3.40. The van der Waals surface area contributed by atoms with Crippen molar-refractivity contribution in [3.05, 3.63) is 88.9 Å². The largest absolute Gasteiger partial charge is 0.379 e. The summed E-state index contributed by atoms with van der Waals surface area (Å²) in [6, 6.07) is 19.4. The number of nitrogens with zero attached hydrogens (tertiary/aromatic N) is 1. The molecule has 0 aliphatic carbocycles. The average molecular weight is 500 g/mol. The summed E-state index contributed by atoms with van der Waals surface area (Å²) in [6.45, 7) is 1.14. The van der Waals surface area contributed by atoms with Crippen LogP contribution < -0.4 is 10.6 Å². The van der Waals surface area contributed by atoms with E-state index in [1.54, 1.807) is 48.5 Å². The van der Waals surface area contributed by atoms with Crippen LogP contribution >= 0.6 is 11.6 Å². The lowest BCUT2D eigenvalue weighted by Gasteiger charge is -2.26. The zero-order valence-electron chi connectivity index (χ0n) is 18.0. The molecule has 0 bridgehead atoms. The molecule has 0 spiro atoms. The van der Waals surface area contributed by atoms with Crippen LogP contribution in [0.25, 0.3) is 0 Å². The highest BCUT2D eigenvalue weighted by atomic mass is 35.5. The number of amides is 2. The molecule has 1 heterocycles. The summed E-state index contributed by atoms with van der Waals surface area (Å²) >= 11 is 6.20. The van der Waals surface area contributed by atoms with E-state index < -0.39 is 15.9 Å². The second-order valence-electron chi connectivity index (χ2n) is 7.51. The molecule has 0 radical (unpaired) electrons. The SMILES string of the molecule is O=C(Nc1ccc(NC(=O)c2cc(S(=O)(=O)N3CCOCC3)ccc2Cl)cc1)c1ccccc1. The number of anilines is 2. The number of sulfonamides is 1. The van der Waals surface area contributed by atoms with Gasteiger partial charge in [-0.1, -0.05) is 29.8 Å². The Morgan fingerprint density at radius 2 is 1.41 bits per heavy atom. The van der Waals surface area contributed by atoms with Crippen LogP contribution in [-0.2, 0) is 14.8 Å². The van der Waals surface area contributed by atoms with Crippen LogP contribution in [-0.4, -0.2) is 50.8 Å². The number of hydrogen-bond donors (Lipinski definition) is 2. The van der Waals surface area contributed by atoms with Gasteiger partial charge in [-0.25, -0.2) is 8.42 Å². The first kappa shape index (κ1) is 23.9. The number of morpholine rings is 1. The van der Waals surface area contributed by atoms with E-state index in [0.717, 1.165) is 0 Å². The van der Waals surface area contributed by atoms with Crippen LogP contribution in [0.2, 0.25) is 5.02 Å². The summed E-state index contributed by atoms with van der Waals surface area (Å²) in [5, 5.41) is 5.62. The molecular weight excluding hydrogens is 478 g/mol. The molecule has 34 heavy (non-hydrogen) atoms. The van der Waals surface area contributed by atoms with Gasteiger partial charge in [0.25, 0.3) is 11.8 Å². The highest BCUT2D eigenvalue weighted by molar-refractivity contribution is 7.89. The normalized spacial score (nSPS) is 14.4. The van der Waals surface area contributed by atoms with Gasteiger partial charge in [0, 0.05) is 30.0 Å². The highest BCUT2D eigenvalue weighted by Gasteiger charge is 2.27. The molecule has 2 N–H and O–H groups in total. The number of nitrogens with one attached hydrogen (secondary N) is 2. The molecule has 3 aromatic carbocycles. The number of halogens is 1. The lowest BCUT2D eigenvalue weighted by molar-refractivity contribution is 0.0730. The van der Waals surface area contributed by atoms with Crippen LogP contribution in [0.15, 0.2) is 77.7 Å². The van der Waals surface area contributed by atoms with Crippen molar-refractivity contribution in [2.24, 2.45) is 0 Å². The van der Waals surface area contributed by atoms with Gasteiger partial charge in [0.05, 0.1) is 28.7 Å². The number of benzene rings is 3.